The maximum absolute atomic E-state index is 13.5. The van der Waals surface area contributed by atoms with Crippen molar-refractivity contribution in [2.24, 2.45) is 0 Å². The third-order valence-corrected chi connectivity index (χ3v) is 5.23. The van der Waals surface area contributed by atoms with E-state index in [1.54, 1.807) is 19.2 Å². The maximum Gasteiger partial charge on any atom is 0.282 e. The van der Waals surface area contributed by atoms with Crippen LogP contribution in [0.25, 0.3) is 5.57 Å². The van der Waals surface area contributed by atoms with Crippen molar-refractivity contribution in [3.63, 3.8) is 0 Å². The first-order chi connectivity index (χ1) is 14.0. The Morgan fingerprint density at radius 2 is 1.52 bits per heavy atom. The predicted octanol–water partition coefficient (Wildman–Crippen LogP) is 2.93. The summed E-state index contributed by atoms with van der Waals surface area (Å²) < 4.78 is 10.7. The molecule has 29 heavy (non-hydrogen) atoms. The van der Waals surface area contributed by atoms with Crippen molar-refractivity contribution in [3.05, 3.63) is 64.9 Å². The quantitative estimate of drug-likeness (QED) is 0.749. The Hall–Kier alpha value is -3.12. The van der Waals surface area contributed by atoms with Gasteiger partial charge in [-0.25, -0.2) is 4.90 Å². The molecule has 0 atom stereocenters. The van der Waals surface area contributed by atoms with Gasteiger partial charge in [0, 0.05) is 13.1 Å². The van der Waals surface area contributed by atoms with Gasteiger partial charge in [0.1, 0.15) is 11.4 Å². The Labute approximate surface area is 170 Å². The van der Waals surface area contributed by atoms with Crippen LogP contribution in [0.3, 0.4) is 0 Å². The summed E-state index contributed by atoms with van der Waals surface area (Å²) in [5, 5.41) is 0. The average Bonchev–Trinajstić information content (AvgIpc) is 2.98. The zero-order chi connectivity index (χ0) is 20.5. The van der Waals surface area contributed by atoms with Crippen LogP contribution in [0.15, 0.2) is 48.2 Å². The number of hydrogen-bond donors (Lipinski definition) is 0. The average molecular weight is 392 g/mol. The largest absolute Gasteiger partial charge is 0.497 e. The third-order valence-electron chi connectivity index (χ3n) is 5.23. The highest BCUT2D eigenvalue weighted by Crippen LogP contribution is 2.36. The summed E-state index contributed by atoms with van der Waals surface area (Å²) in [6.07, 6.45) is 0. The van der Waals surface area contributed by atoms with Gasteiger partial charge >= 0.3 is 0 Å². The number of benzene rings is 2. The number of anilines is 1. The molecule has 0 aliphatic carbocycles. The van der Waals surface area contributed by atoms with E-state index < -0.39 is 0 Å². The van der Waals surface area contributed by atoms with E-state index in [2.05, 4.69) is 0 Å². The van der Waals surface area contributed by atoms with Crippen LogP contribution in [0.5, 0.6) is 5.75 Å². The number of amides is 2. The monoisotopic (exact) mass is 392 g/mol. The van der Waals surface area contributed by atoms with Gasteiger partial charge < -0.3 is 14.4 Å². The summed E-state index contributed by atoms with van der Waals surface area (Å²) >= 11 is 0. The number of rotatable bonds is 4. The maximum atomic E-state index is 13.5. The minimum atomic E-state index is -0.299. The van der Waals surface area contributed by atoms with Crippen LogP contribution in [0.4, 0.5) is 5.69 Å². The Kier molecular flexibility index (Phi) is 5.11. The van der Waals surface area contributed by atoms with Gasteiger partial charge in [-0.15, -0.1) is 0 Å². The van der Waals surface area contributed by atoms with E-state index in [4.69, 9.17) is 9.47 Å². The van der Waals surface area contributed by atoms with Crippen LogP contribution < -0.4 is 9.64 Å². The molecule has 2 aliphatic rings. The van der Waals surface area contributed by atoms with Crippen molar-refractivity contribution in [2.75, 3.05) is 38.3 Å². The Morgan fingerprint density at radius 1 is 0.897 bits per heavy atom. The molecule has 0 radical (unpaired) electrons. The van der Waals surface area contributed by atoms with Crippen LogP contribution in [0.2, 0.25) is 0 Å². The molecular weight excluding hydrogens is 368 g/mol. The van der Waals surface area contributed by atoms with Gasteiger partial charge in [-0.1, -0.05) is 18.2 Å². The molecule has 0 N–H and O–H groups in total. The molecule has 2 aromatic rings. The highest BCUT2D eigenvalue weighted by atomic mass is 16.5. The number of methoxy groups -OCH3 is 1. The fourth-order valence-electron chi connectivity index (χ4n) is 3.93. The number of carbonyl (C=O) groups excluding carboxylic acids is 2. The summed E-state index contributed by atoms with van der Waals surface area (Å²) in [6, 6.07) is 13.0. The molecule has 2 heterocycles. The molecule has 6 nitrogen and oxygen atoms in total. The molecule has 2 amide bonds. The first-order valence-corrected chi connectivity index (χ1v) is 9.68. The summed E-state index contributed by atoms with van der Waals surface area (Å²) in [5.41, 5.74) is 4.20. The van der Waals surface area contributed by atoms with Gasteiger partial charge in [-0.05, 0) is 54.8 Å². The summed E-state index contributed by atoms with van der Waals surface area (Å²) in [7, 11) is 1.60. The number of ether oxygens (including phenoxy) is 2. The molecule has 150 valence electrons. The summed E-state index contributed by atoms with van der Waals surface area (Å²) in [6.45, 7) is 6.14. The van der Waals surface area contributed by atoms with Gasteiger partial charge in [-0.3, -0.25) is 9.59 Å². The lowest BCUT2D eigenvalue weighted by Crippen LogP contribution is -2.40. The van der Waals surface area contributed by atoms with E-state index in [0.717, 1.165) is 11.1 Å². The predicted molar refractivity (Wildman–Crippen MR) is 111 cm³/mol. The molecule has 4 rings (SSSR count). The van der Waals surface area contributed by atoms with Crippen LogP contribution in [0.1, 0.15) is 16.7 Å². The van der Waals surface area contributed by atoms with Crippen LogP contribution in [0, 0.1) is 13.8 Å². The Balaban J connectivity index is 1.82. The second-order valence-electron chi connectivity index (χ2n) is 7.34. The van der Waals surface area contributed by atoms with Crippen molar-refractivity contribution >= 4 is 23.1 Å². The molecule has 6 heteroatoms. The lowest BCUT2D eigenvalue weighted by atomic mass is 10.0. The van der Waals surface area contributed by atoms with Gasteiger partial charge in [0.25, 0.3) is 11.8 Å². The molecule has 0 saturated carbocycles. The molecule has 2 aromatic carbocycles. The van der Waals surface area contributed by atoms with E-state index >= 15 is 0 Å². The first-order valence-electron chi connectivity index (χ1n) is 9.68. The lowest BCUT2D eigenvalue weighted by molar-refractivity contribution is -0.121. The molecule has 0 spiro atoms. The van der Waals surface area contributed by atoms with Crippen LogP contribution in [-0.2, 0) is 14.3 Å². The third kappa shape index (κ3) is 3.51. The molecule has 0 unspecified atom stereocenters. The minimum Gasteiger partial charge on any atom is -0.497 e. The second-order valence-corrected chi connectivity index (χ2v) is 7.34. The Morgan fingerprint density at radius 3 is 2.10 bits per heavy atom. The van der Waals surface area contributed by atoms with Crippen molar-refractivity contribution in [2.45, 2.75) is 13.8 Å². The number of carbonyl (C=O) groups is 2. The molecular formula is C23H24N2O4. The van der Waals surface area contributed by atoms with Crippen molar-refractivity contribution in [1.29, 1.82) is 0 Å². The molecule has 0 aromatic heterocycles. The molecule has 0 bridgehead atoms. The smallest absolute Gasteiger partial charge is 0.282 e. The van der Waals surface area contributed by atoms with E-state index in [-0.39, 0.29) is 11.8 Å². The molecule has 1 fully saturated rings. The van der Waals surface area contributed by atoms with Gasteiger partial charge in [-0.2, -0.15) is 0 Å². The van der Waals surface area contributed by atoms with Crippen LogP contribution in [-0.4, -0.2) is 50.1 Å². The highest BCUT2D eigenvalue weighted by molar-refractivity contribution is 6.45. The standard InChI is InChI=1S/C23H24N2O4/c1-15-12-16(2)14-18(13-15)25-22(26)20(17-4-6-19(28-3)7-5-17)21(23(25)27)24-8-10-29-11-9-24/h4-7,12-14H,8-11H2,1-3H3. The zero-order valence-corrected chi connectivity index (χ0v) is 16.9. The number of imide groups is 1. The van der Waals surface area contributed by atoms with Gasteiger partial charge in [0.15, 0.2) is 0 Å². The fraction of sp³-hybridized carbons (Fsp3) is 0.304. The Bertz CT molecular complexity index is 968. The van der Waals surface area contributed by atoms with Crippen molar-refractivity contribution in [1.82, 2.24) is 4.90 Å². The molecule has 1 saturated heterocycles. The number of morpholine rings is 1. The van der Waals surface area contributed by atoms with E-state index in [0.29, 0.717) is 54.6 Å². The number of aryl methyl sites for hydroxylation is 2. The minimum absolute atomic E-state index is 0.285. The fourth-order valence-corrected chi connectivity index (χ4v) is 3.93. The van der Waals surface area contributed by atoms with E-state index in [9.17, 15) is 9.59 Å². The van der Waals surface area contributed by atoms with Crippen molar-refractivity contribution in [3.8, 4) is 5.75 Å². The van der Waals surface area contributed by atoms with Crippen LogP contribution >= 0.6 is 0 Å². The summed E-state index contributed by atoms with van der Waals surface area (Å²) in [5.74, 6) is 0.115. The van der Waals surface area contributed by atoms with Crippen molar-refractivity contribution < 1.29 is 19.1 Å². The lowest BCUT2D eigenvalue weighted by Gasteiger charge is -2.29. The SMILES string of the molecule is COc1ccc(C2=C(N3CCOCC3)C(=O)N(c3cc(C)cc(C)c3)C2=O)cc1. The van der Waals surface area contributed by atoms with E-state index in [1.165, 1.54) is 4.90 Å². The van der Waals surface area contributed by atoms with Gasteiger partial charge in [0.05, 0.1) is 31.6 Å². The zero-order valence-electron chi connectivity index (χ0n) is 16.9. The molecule has 2 aliphatic heterocycles. The highest BCUT2D eigenvalue weighted by Gasteiger charge is 2.42. The number of nitrogens with zero attached hydrogens (tertiary/aromatic N) is 2. The second kappa shape index (κ2) is 7.72. The summed E-state index contributed by atoms with van der Waals surface area (Å²) in [4.78, 5) is 30.3. The normalized spacial score (nSPS) is 17.3. The van der Waals surface area contributed by atoms with E-state index in [1.807, 2.05) is 49.1 Å². The topological polar surface area (TPSA) is 59.1 Å². The first kappa shape index (κ1) is 19.2. The van der Waals surface area contributed by atoms with Gasteiger partial charge in [0.2, 0.25) is 0 Å². The number of hydrogen-bond acceptors (Lipinski definition) is 5.